The topological polar surface area (TPSA) is 79.2 Å². The molecule has 0 saturated carbocycles. The molecule has 0 aliphatic carbocycles. The van der Waals surface area contributed by atoms with Crippen molar-refractivity contribution in [2.45, 2.75) is 13.0 Å². The largest absolute Gasteiger partial charge is 0.508 e. The van der Waals surface area contributed by atoms with E-state index in [0.29, 0.717) is 5.57 Å². The molecule has 1 N–H and O–H groups in total. The molecule has 1 aliphatic heterocycles. The highest BCUT2D eigenvalue weighted by molar-refractivity contribution is 6.08. The van der Waals surface area contributed by atoms with Gasteiger partial charge in [0.05, 0.1) is 30.8 Å². The highest BCUT2D eigenvalue weighted by Gasteiger charge is 2.35. The maximum atomic E-state index is 12.6. The van der Waals surface area contributed by atoms with E-state index in [4.69, 9.17) is 4.74 Å². The maximum absolute atomic E-state index is 12.6. The van der Waals surface area contributed by atoms with Gasteiger partial charge in [-0.3, -0.25) is 9.79 Å². The van der Waals surface area contributed by atoms with Gasteiger partial charge in [-0.1, -0.05) is 12.1 Å². The van der Waals surface area contributed by atoms with Crippen LogP contribution < -0.4 is 0 Å². The fourth-order valence-electron chi connectivity index (χ4n) is 2.45. The van der Waals surface area contributed by atoms with Crippen molar-refractivity contribution in [1.29, 1.82) is 0 Å². The van der Waals surface area contributed by atoms with Crippen LogP contribution >= 0.6 is 0 Å². The normalized spacial score (nSPS) is 16.1. The standard InChI is InChI=1S/C17H18N2O4/c1-11(12-4-6-13(20)7-5-12)19-10-15(17(22)23-3)14(16(19)21)8-9-18-2/h4-9,11,20H,2,10H2,1,3H3/b9-8-. The van der Waals surface area contributed by atoms with Crippen molar-refractivity contribution in [2.75, 3.05) is 13.7 Å². The second kappa shape index (κ2) is 6.91. The van der Waals surface area contributed by atoms with Crippen LogP contribution in [-0.2, 0) is 14.3 Å². The number of benzene rings is 1. The van der Waals surface area contributed by atoms with Gasteiger partial charge >= 0.3 is 5.97 Å². The molecule has 0 saturated heterocycles. The number of methoxy groups -OCH3 is 1. The smallest absolute Gasteiger partial charge is 0.336 e. The summed E-state index contributed by atoms with van der Waals surface area (Å²) in [6.45, 7) is 5.34. The second-order valence-corrected chi connectivity index (χ2v) is 5.08. The van der Waals surface area contributed by atoms with Crippen LogP contribution in [-0.4, -0.2) is 42.3 Å². The lowest BCUT2D eigenvalue weighted by Crippen LogP contribution is -2.30. The Labute approximate surface area is 134 Å². The fourth-order valence-corrected chi connectivity index (χ4v) is 2.45. The summed E-state index contributed by atoms with van der Waals surface area (Å²) in [4.78, 5) is 29.7. The number of carbonyl (C=O) groups excluding carboxylic acids is 2. The van der Waals surface area contributed by atoms with Crippen molar-refractivity contribution in [1.82, 2.24) is 4.90 Å². The minimum absolute atomic E-state index is 0.155. The molecule has 0 radical (unpaired) electrons. The summed E-state index contributed by atoms with van der Waals surface area (Å²) < 4.78 is 4.75. The molecule has 1 aliphatic rings. The molecule has 23 heavy (non-hydrogen) atoms. The average molecular weight is 314 g/mol. The van der Waals surface area contributed by atoms with Crippen LogP contribution in [0.4, 0.5) is 0 Å². The van der Waals surface area contributed by atoms with Crippen LogP contribution in [0.5, 0.6) is 5.75 Å². The number of aliphatic imine (C=N–C) groups is 1. The SMILES string of the molecule is C=N/C=C\C1=C(C(=O)OC)CN(C(C)c2ccc(O)cc2)C1=O. The number of aromatic hydroxyl groups is 1. The van der Waals surface area contributed by atoms with Crippen LogP contribution in [0, 0.1) is 0 Å². The molecule has 1 amide bonds. The summed E-state index contributed by atoms with van der Waals surface area (Å²) in [6.07, 6.45) is 2.83. The van der Waals surface area contributed by atoms with Crippen molar-refractivity contribution in [3.63, 3.8) is 0 Å². The molecule has 1 aromatic carbocycles. The lowest BCUT2D eigenvalue weighted by Gasteiger charge is -2.25. The summed E-state index contributed by atoms with van der Waals surface area (Å²) in [6, 6.07) is 6.34. The highest BCUT2D eigenvalue weighted by atomic mass is 16.5. The molecular weight excluding hydrogens is 296 g/mol. The molecule has 6 heteroatoms. The Balaban J connectivity index is 2.32. The van der Waals surface area contributed by atoms with E-state index in [1.165, 1.54) is 19.4 Å². The lowest BCUT2D eigenvalue weighted by molar-refractivity contribution is -0.136. The van der Waals surface area contributed by atoms with Crippen molar-refractivity contribution in [2.24, 2.45) is 4.99 Å². The predicted molar refractivity (Wildman–Crippen MR) is 86.0 cm³/mol. The average Bonchev–Trinajstić information content (AvgIpc) is 2.89. The third-order valence-electron chi connectivity index (χ3n) is 3.77. The molecule has 0 aromatic heterocycles. The van der Waals surface area contributed by atoms with Gasteiger partial charge in [0.25, 0.3) is 5.91 Å². The maximum Gasteiger partial charge on any atom is 0.336 e. The van der Waals surface area contributed by atoms with Crippen LogP contribution in [0.2, 0.25) is 0 Å². The van der Waals surface area contributed by atoms with E-state index < -0.39 is 5.97 Å². The van der Waals surface area contributed by atoms with E-state index in [9.17, 15) is 14.7 Å². The van der Waals surface area contributed by atoms with Gasteiger partial charge in [0.15, 0.2) is 0 Å². The van der Waals surface area contributed by atoms with Gasteiger partial charge in [0.2, 0.25) is 0 Å². The van der Waals surface area contributed by atoms with Gasteiger partial charge in [0, 0.05) is 6.20 Å². The molecule has 0 bridgehead atoms. The molecule has 2 rings (SSSR count). The Kier molecular flexibility index (Phi) is 4.95. The summed E-state index contributed by atoms with van der Waals surface area (Å²) >= 11 is 0. The Bertz CT molecular complexity index is 689. The number of hydrogen-bond acceptors (Lipinski definition) is 5. The zero-order valence-corrected chi connectivity index (χ0v) is 13.0. The van der Waals surface area contributed by atoms with E-state index in [1.807, 2.05) is 6.92 Å². The van der Waals surface area contributed by atoms with Gasteiger partial charge in [-0.05, 0) is 37.4 Å². The second-order valence-electron chi connectivity index (χ2n) is 5.08. The number of phenols is 1. The number of amides is 1. The molecule has 1 heterocycles. The van der Waals surface area contributed by atoms with Gasteiger partial charge in [-0.25, -0.2) is 4.79 Å². The van der Waals surface area contributed by atoms with Gasteiger partial charge in [-0.15, -0.1) is 0 Å². The van der Waals surface area contributed by atoms with Crippen LogP contribution in [0.25, 0.3) is 0 Å². The summed E-state index contributed by atoms with van der Waals surface area (Å²) in [7, 11) is 1.28. The quantitative estimate of drug-likeness (QED) is 0.666. The van der Waals surface area contributed by atoms with Crippen molar-refractivity contribution in [3.8, 4) is 5.75 Å². The van der Waals surface area contributed by atoms with Gasteiger partial charge < -0.3 is 14.7 Å². The lowest BCUT2D eigenvalue weighted by atomic mass is 10.1. The molecule has 1 atom stereocenters. The first-order valence-electron chi connectivity index (χ1n) is 7.03. The number of phenolic OH excluding ortho intramolecular Hbond substituents is 1. The number of carbonyl (C=O) groups is 2. The fraction of sp³-hybridized carbons (Fsp3) is 0.235. The summed E-state index contributed by atoms with van der Waals surface area (Å²) in [5.41, 5.74) is 1.41. The Morgan fingerprint density at radius 3 is 2.65 bits per heavy atom. The highest BCUT2D eigenvalue weighted by Crippen LogP contribution is 2.30. The summed E-state index contributed by atoms with van der Waals surface area (Å²) in [5.74, 6) is -0.656. The molecule has 6 nitrogen and oxygen atoms in total. The number of ether oxygens (including phenoxy) is 1. The van der Waals surface area contributed by atoms with Crippen LogP contribution in [0.1, 0.15) is 18.5 Å². The van der Waals surface area contributed by atoms with E-state index in [1.54, 1.807) is 29.2 Å². The molecule has 0 fully saturated rings. The molecular formula is C17H18N2O4. The zero-order chi connectivity index (χ0) is 17.0. The van der Waals surface area contributed by atoms with E-state index >= 15 is 0 Å². The van der Waals surface area contributed by atoms with Crippen molar-refractivity contribution in [3.05, 3.63) is 53.3 Å². The minimum Gasteiger partial charge on any atom is -0.508 e. The van der Waals surface area contributed by atoms with Gasteiger partial charge in [-0.2, -0.15) is 0 Å². The first-order chi connectivity index (χ1) is 11.0. The third-order valence-corrected chi connectivity index (χ3v) is 3.77. The molecule has 0 spiro atoms. The first-order valence-corrected chi connectivity index (χ1v) is 7.03. The van der Waals surface area contributed by atoms with Crippen LogP contribution in [0.3, 0.4) is 0 Å². The number of esters is 1. The number of rotatable bonds is 5. The first kappa shape index (κ1) is 16.5. The predicted octanol–water partition coefficient (Wildman–Crippen LogP) is 1.98. The molecule has 1 aromatic rings. The van der Waals surface area contributed by atoms with Crippen molar-refractivity contribution < 1.29 is 19.4 Å². The minimum atomic E-state index is -0.539. The molecule has 120 valence electrons. The monoisotopic (exact) mass is 314 g/mol. The Hall–Kier alpha value is -2.89. The van der Waals surface area contributed by atoms with Gasteiger partial charge in [0.1, 0.15) is 5.75 Å². The zero-order valence-electron chi connectivity index (χ0n) is 13.0. The van der Waals surface area contributed by atoms with E-state index in [2.05, 4.69) is 11.7 Å². The van der Waals surface area contributed by atoms with E-state index in [-0.39, 0.29) is 29.8 Å². The van der Waals surface area contributed by atoms with E-state index in [0.717, 1.165) is 5.56 Å². The summed E-state index contributed by atoms with van der Waals surface area (Å²) in [5, 5.41) is 9.37. The number of nitrogens with zero attached hydrogens (tertiary/aromatic N) is 2. The molecule has 1 unspecified atom stereocenters. The van der Waals surface area contributed by atoms with Crippen LogP contribution in [0.15, 0.2) is 52.7 Å². The van der Waals surface area contributed by atoms with Crippen molar-refractivity contribution >= 4 is 18.6 Å². The Morgan fingerprint density at radius 2 is 2.09 bits per heavy atom. The Morgan fingerprint density at radius 1 is 1.43 bits per heavy atom. The number of hydrogen-bond donors (Lipinski definition) is 1. The third kappa shape index (κ3) is 3.31.